The van der Waals surface area contributed by atoms with Crippen molar-refractivity contribution in [3.05, 3.63) is 64.5 Å². The number of Topliss-reactive ketones (excluding diaryl/α,β-unsaturated/α-hetero) is 1. The molecule has 4 N–H and O–H groups in total. The van der Waals surface area contributed by atoms with Gasteiger partial charge in [-0.2, -0.15) is 4.37 Å². The first-order valence-corrected chi connectivity index (χ1v) is 11.8. The highest BCUT2D eigenvalue weighted by atomic mass is 32.1. The van der Waals surface area contributed by atoms with Crippen molar-refractivity contribution in [1.29, 1.82) is 0 Å². The molecule has 0 radical (unpaired) electrons. The Labute approximate surface area is 211 Å². The molecule has 0 unspecified atom stereocenters. The van der Waals surface area contributed by atoms with Crippen molar-refractivity contribution in [2.45, 2.75) is 39.8 Å². The number of amides is 2. The highest BCUT2D eigenvalue weighted by Crippen LogP contribution is 2.30. The molecule has 36 heavy (non-hydrogen) atoms. The van der Waals surface area contributed by atoms with Crippen LogP contribution in [0.1, 0.15) is 59.5 Å². The lowest BCUT2D eigenvalue weighted by Crippen LogP contribution is -2.47. The minimum absolute atomic E-state index is 0.0639. The van der Waals surface area contributed by atoms with Crippen molar-refractivity contribution >= 4 is 29.1 Å². The van der Waals surface area contributed by atoms with Crippen LogP contribution in [0.2, 0.25) is 0 Å². The van der Waals surface area contributed by atoms with E-state index in [0.29, 0.717) is 22.7 Å². The van der Waals surface area contributed by atoms with Crippen LogP contribution >= 0.6 is 11.5 Å². The number of hydrogen-bond acceptors (Lipinski definition) is 8. The number of ether oxygens (including phenoxy) is 1. The number of pyridine rings is 1. The number of aromatic nitrogens is 2. The van der Waals surface area contributed by atoms with Gasteiger partial charge in [-0.15, -0.1) is 0 Å². The average molecular weight is 515 g/mol. The molecule has 0 spiro atoms. The Balaban J connectivity index is 1.70. The first-order valence-electron chi connectivity index (χ1n) is 11.1. The van der Waals surface area contributed by atoms with E-state index in [1.165, 1.54) is 29.9 Å². The fraction of sp³-hybridized carbons (Fsp3) is 0.320. The Morgan fingerprint density at radius 2 is 1.92 bits per heavy atom. The second-order valence-corrected chi connectivity index (χ2v) is 9.98. The number of nitrogens with one attached hydrogen (secondary N) is 1. The molecule has 0 aliphatic rings. The highest BCUT2D eigenvalue weighted by Gasteiger charge is 2.24. The third kappa shape index (κ3) is 6.29. The van der Waals surface area contributed by atoms with E-state index in [9.17, 15) is 18.8 Å². The van der Waals surface area contributed by atoms with Gasteiger partial charge in [0.15, 0.2) is 5.78 Å². The van der Waals surface area contributed by atoms with Crippen LogP contribution in [0.25, 0.3) is 11.3 Å². The molecule has 2 atom stereocenters. The summed E-state index contributed by atoms with van der Waals surface area (Å²) in [6.07, 6.45) is 1.11. The standard InChI is InChI=1S/C25H27FN4O5S/c1-13(35-15-6-8-18(28-11-15)22(32)25(2,3)4)21-10-19(30-36-21)14-5-7-16(17(26)9-14)24(34)29-20(12-31)23(27)33/h5-11,13,20,31H,12H2,1-4H3,(H2,27,33)(H,29,34)/t13-,20+/m1/s1. The molecule has 2 aromatic heterocycles. The number of halogens is 1. The maximum Gasteiger partial charge on any atom is 0.254 e. The smallest absolute Gasteiger partial charge is 0.254 e. The van der Waals surface area contributed by atoms with Gasteiger partial charge in [0.1, 0.15) is 29.4 Å². The molecule has 0 saturated heterocycles. The Kier molecular flexibility index (Phi) is 8.16. The number of carbonyl (C=O) groups is 3. The summed E-state index contributed by atoms with van der Waals surface area (Å²) in [5, 5.41) is 11.3. The van der Waals surface area contributed by atoms with Crippen LogP contribution in [0, 0.1) is 11.2 Å². The van der Waals surface area contributed by atoms with Crippen LogP contribution in [-0.2, 0) is 4.79 Å². The summed E-state index contributed by atoms with van der Waals surface area (Å²) in [5.74, 6) is -2.20. The van der Waals surface area contributed by atoms with Gasteiger partial charge >= 0.3 is 0 Å². The number of nitrogens with zero attached hydrogens (tertiary/aromatic N) is 2. The van der Waals surface area contributed by atoms with Crippen LogP contribution in [0.3, 0.4) is 0 Å². The van der Waals surface area contributed by atoms with Gasteiger partial charge in [-0.25, -0.2) is 9.37 Å². The van der Waals surface area contributed by atoms with Crippen LogP contribution in [0.4, 0.5) is 4.39 Å². The Morgan fingerprint density at radius 1 is 1.19 bits per heavy atom. The molecule has 2 heterocycles. The molecular formula is C25H27FN4O5S. The Hall–Kier alpha value is -3.70. The summed E-state index contributed by atoms with van der Waals surface area (Å²) in [6, 6.07) is 7.69. The number of ketones is 1. The van der Waals surface area contributed by atoms with Crippen LogP contribution in [0.5, 0.6) is 5.75 Å². The molecule has 9 nitrogen and oxygen atoms in total. The van der Waals surface area contributed by atoms with Gasteiger partial charge in [0.05, 0.1) is 28.9 Å². The van der Waals surface area contributed by atoms with Gasteiger partial charge in [-0.3, -0.25) is 14.4 Å². The third-order valence-corrected chi connectivity index (χ3v) is 6.18. The molecule has 2 amide bonds. The van der Waals surface area contributed by atoms with Crippen LogP contribution in [0.15, 0.2) is 42.6 Å². The molecule has 0 bridgehead atoms. The van der Waals surface area contributed by atoms with E-state index >= 15 is 0 Å². The van der Waals surface area contributed by atoms with Gasteiger partial charge in [0.25, 0.3) is 5.91 Å². The number of primary amides is 1. The largest absolute Gasteiger partial charge is 0.484 e. The van der Waals surface area contributed by atoms with E-state index in [0.717, 1.165) is 10.9 Å². The molecule has 0 aliphatic carbocycles. The van der Waals surface area contributed by atoms with Gasteiger partial charge in [0, 0.05) is 11.0 Å². The van der Waals surface area contributed by atoms with E-state index in [1.54, 1.807) is 18.2 Å². The van der Waals surface area contributed by atoms with E-state index in [4.69, 9.17) is 15.6 Å². The topological polar surface area (TPSA) is 144 Å². The summed E-state index contributed by atoms with van der Waals surface area (Å²) >= 11 is 1.18. The summed E-state index contributed by atoms with van der Waals surface area (Å²) in [5.41, 5.74) is 5.55. The molecule has 3 rings (SSSR count). The predicted octanol–water partition coefficient (Wildman–Crippen LogP) is 3.29. The lowest BCUT2D eigenvalue weighted by molar-refractivity contribution is -0.120. The first kappa shape index (κ1) is 26.9. The molecule has 0 aliphatic heterocycles. The zero-order valence-electron chi connectivity index (χ0n) is 20.2. The van der Waals surface area contributed by atoms with Crippen LogP contribution < -0.4 is 15.8 Å². The fourth-order valence-corrected chi connectivity index (χ4v) is 3.87. The maximum absolute atomic E-state index is 14.6. The molecule has 11 heteroatoms. The van der Waals surface area contributed by atoms with Crippen molar-refractivity contribution < 1.29 is 28.6 Å². The minimum atomic E-state index is -1.32. The second kappa shape index (κ2) is 10.9. The SMILES string of the molecule is C[C@@H](Oc1ccc(C(=O)C(C)(C)C)nc1)c1cc(-c2ccc(C(=O)N[C@@H](CO)C(N)=O)c(F)c2)ns1. The lowest BCUT2D eigenvalue weighted by atomic mass is 9.89. The van der Waals surface area contributed by atoms with Gasteiger partial charge < -0.3 is 20.9 Å². The van der Waals surface area contributed by atoms with E-state index in [-0.39, 0.29) is 17.5 Å². The fourth-order valence-electron chi connectivity index (χ4n) is 3.15. The average Bonchev–Trinajstić information content (AvgIpc) is 3.32. The number of carbonyl (C=O) groups excluding carboxylic acids is 3. The first-order chi connectivity index (χ1) is 16.9. The quantitative estimate of drug-likeness (QED) is 0.372. The van der Waals surface area contributed by atoms with Crippen molar-refractivity contribution in [3.8, 4) is 17.0 Å². The van der Waals surface area contributed by atoms with E-state index in [2.05, 4.69) is 14.7 Å². The zero-order valence-corrected chi connectivity index (χ0v) is 21.1. The molecule has 3 aromatic rings. The number of hydrogen-bond donors (Lipinski definition) is 3. The number of benzene rings is 1. The normalized spacial score (nSPS) is 13.1. The van der Waals surface area contributed by atoms with Crippen LogP contribution in [-0.4, -0.2) is 44.7 Å². The molecule has 0 fully saturated rings. The number of aliphatic hydroxyl groups is 1. The molecule has 190 valence electrons. The minimum Gasteiger partial charge on any atom is -0.484 e. The predicted molar refractivity (Wildman–Crippen MR) is 132 cm³/mol. The molecule has 0 saturated carbocycles. The summed E-state index contributed by atoms with van der Waals surface area (Å²) in [6.45, 7) is 6.62. The highest BCUT2D eigenvalue weighted by molar-refractivity contribution is 7.06. The summed E-state index contributed by atoms with van der Waals surface area (Å²) in [7, 11) is 0. The monoisotopic (exact) mass is 514 g/mol. The maximum atomic E-state index is 14.6. The summed E-state index contributed by atoms with van der Waals surface area (Å²) < 4.78 is 24.9. The van der Waals surface area contributed by atoms with Gasteiger partial charge in [0.2, 0.25) is 5.91 Å². The van der Waals surface area contributed by atoms with Gasteiger partial charge in [-0.1, -0.05) is 26.8 Å². The zero-order chi connectivity index (χ0) is 26.6. The van der Waals surface area contributed by atoms with Gasteiger partial charge in [-0.05, 0) is 48.8 Å². The number of aliphatic hydroxyl groups excluding tert-OH is 1. The number of rotatable bonds is 9. The number of nitrogens with two attached hydrogens (primary N) is 1. The van der Waals surface area contributed by atoms with Crippen molar-refractivity contribution in [1.82, 2.24) is 14.7 Å². The van der Waals surface area contributed by atoms with Crippen molar-refractivity contribution in [2.24, 2.45) is 11.1 Å². The molecule has 1 aromatic carbocycles. The Bertz CT molecular complexity index is 1270. The lowest BCUT2D eigenvalue weighted by Gasteiger charge is -2.16. The van der Waals surface area contributed by atoms with E-state index in [1.807, 2.05) is 27.7 Å². The third-order valence-electron chi connectivity index (χ3n) is 5.23. The summed E-state index contributed by atoms with van der Waals surface area (Å²) in [4.78, 5) is 40.8. The Morgan fingerprint density at radius 3 is 2.47 bits per heavy atom. The van der Waals surface area contributed by atoms with E-state index < -0.39 is 35.7 Å². The van der Waals surface area contributed by atoms with Crippen molar-refractivity contribution in [2.75, 3.05) is 6.61 Å². The molecular weight excluding hydrogens is 487 g/mol. The van der Waals surface area contributed by atoms with Crippen molar-refractivity contribution in [3.63, 3.8) is 0 Å². The second-order valence-electron chi connectivity index (χ2n) is 9.14.